The van der Waals surface area contributed by atoms with Gasteiger partial charge in [-0.05, 0) is 26.0 Å². The van der Waals surface area contributed by atoms with Crippen molar-refractivity contribution < 1.29 is 24.1 Å². The first kappa shape index (κ1) is 14.3. The van der Waals surface area contributed by atoms with E-state index >= 15 is 0 Å². The lowest BCUT2D eigenvalue weighted by molar-refractivity contribution is -0.145. The Bertz CT molecular complexity index is 400. The fourth-order valence-corrected chi connectivity index (χ4v) is 1.45. The fourth-order valence-electron chi connectivity index (χ4n) is 1.45. The minimum absolute atomic E-state index is 0.194. The van der Waals surface area contributed by atoms with Gasteiger partial charge in [-0.2, -0.15) is 0 Å². The average molecular weight is 254 g/mol. The maximum atomic E-state index is 11.2. The van der Waals surface area contributed by atoms with E-state index in [0.717, 1.165) is 0 Å². The summed E-state index contributed by atoms with van der Waals surface area (Å²) in [5, 5.41) is 9.60. The second-order valence-corrected chi connectivity index (χ2v) is 3.67. The SMILES string of the molecule is CCOC(=O)COc1cc(OC)ccc1C(C)O. The number of methoxy groups -OCH3 is 1. The van der Waals surface area contributed by atoms with Crippen molar-refractivity contribution in [1.29, 1.82) is 0 Å². The Morgan fingerprint density at radius 1 is 1.44 bits per heavy atom. The van der Waals surface area contributed by atoms with Gasteiger partial charge in [0.05, 0.1) is 19.8 Å². The summed E-state index contributed by atoms with van der Waals surface area (Å²) in [7, 11) is 1.53. The molecular weight excluding hydrogens is 236 g/mol. The Morgan fingerprint density at radius 2 is 2.17 bits per heavy atom. The molecule has 0 aliphatic heterocycles. The van der Waals surface area contributed by atoms with Gasteiger partial charge in [0.15, 0.2) is 6.61 Å². The summed E-state index contributed by atoms with van der Waals surface area (Å²) in [6.07, 6.45) is -0.687. The standard InChI is InChI=1S/C13H18O5/c1-4-17-13(15)8-18-12-7-10(16-3)5-6-11(12)9(2)14/h5-7,9,14H,4,8H2,1-3H3. The summed E-state index contributed by atoms with van der Waals surface area (Å²) in [5.74, 6) is 0.563. The van der Waals surface area contributed by atoms with Crippen LogP contribution in [0.4, 0.5) is 0 Å². The second kappa shape index (κ2) is 6.86. The number of carbonyl (C=O) groups is 1. The van der Waals surface area contributed by atoms with Gasteiger partial charge in [-0.15, -0.1) is 0 Å². The molecule has 1 aromatic carbocycles. The molecule has 0 bridgehead atoms. The van der Waals surface area contributed by atoms with Gasteiger partial charge >= 0.3 is 5.97 Å². The predicted octanol–water partition coefficient (Wildman–Crippen LogP) is 1.69. The molecule has 0 radical (unpaired) electrons. The maximum absolute atomic E-state index is 11.2. The van der Waals surface area contributed by atoms with E-state index in [-0.39, 0.29) is 6.61 Å². The lowest BCUT2D eigenvalue weighted by atomic mass is 10.1. The zero-order valence-electron chi connectivity index (χ0n) is 10.8. The third-order valence-corrected chi connectivity index (χ3v) is 2.32. The number of aliphatic hydroxyl groups excluding tert-OH is 1. The second-order valence-electron chi connectivity index (χ2n) is 3.67. The molecule has 1 unspecified atom stereocenters. The van der Waals surface area contributed by atoms with Crippen LogP contribution in [0.5, 0.6) is 11.5 Å². The molecule has 18 heavy (non-hydrogen) atoms. The van der Waals surface area contributed by atoms with E-state index in [2.05, 4.69) is 0 Å². The highest BCUT2D eigenvalue weighted by Gasteiger charge is 2.12. The summed E-state index contributed by atoms with van der Waals surface area (Å²) in [6, 6.07) is 5.05. The van der Waals surface area contributed by atoms with Gasteiger partial charge in [-0.3, -0.25) is 0 Å². The lowest BCUT2D eigenvalue weighted by Crippen LogP contribution is -2.15. The number of rotatable bonds is 6. The predicted molar refractivity (Wildman–Crippen MR) is 65.8 cm³/mol. The molecule has 0 amide bonds. The molecule has 0 heterocycles. The van der Waals surface area contributed by atoms with Crippen LogP contribution in [0.25, 0.3) is 0 Å². The Morgan fingerprint density at radius 3 is 2.72 bits per heavy atom. The van der Waals surface area contributed by atoms with E-state index in [1.807, 2.05) is 0 Å². The summed E-state index contributed by atoms with van der Waals surface area (Å²) in [4.78, 5) is 11.2. The Balaban J connectivity index is 2.80. The minimum Gasteiger partial charge on any atom is -0.497 e. The van der Waals surface area contributed by atoms with Crippen molar-refractivity contribution in [3.05, 3.63) is 23.8 Å². The van der Waals surface area contributed by atoms with E-state index in [1.165, 1.54) is 7.11 Å². The number of aliphatic hydroxyl groups is 1. The molecular formula is C13H18O5. The van der Waals surface area contributed by atoms with Gasteiger partial charge in [-0.1, -0.05) is 0 Å². The topological polar surface area (TPSA) is 65.0 Å². The molecule has 5 nitrogen and oxygen atoms in total. The smallest absolute Gasteiger partial charge is 0.344 e. The third kappa shape index (κ3) is 3.92. The average Bonchev–Trinajstić information content (AvgIpc) is 2.36. The number of benzene rings is 1. The normalized spacial score (nSPS) is 11.8. The van der Waals surface area contributed by atoms with Crippen molar-refractivity contribution in [2.75, 3.05) is 20.3 Å². The summed E-state index contributed by atoms with van der Waals surface area (Å²) in [5.41, 5.74) is 0.597. The summed E-state index contributed by atoms with van der Waals surface area (Å²) in [6.45, 7) is 3.47. The third-order valence-electron chi connectivity index (χ3n) is 2.32. The van der Waals surface area contributed by atoms with E-state index in [4.69, 9.17) is 14.2 Å². The molecule has 0 aliphatic rings. The van der Waals surface area contributed by atoms with Crippen LogP contribution in [0.1, 0.15) is 25.5 Å². The lowest BCUT2D eigenvalue weighted by Gasteiger charge is -2.14. The molecule has 0 spiro atoms. The highest BCUT2D eigenvalue weighted by atomic mass is 16.6. The highest BCUT2D eigenvalue weighted by Crippen LogP contribution is 2.29. The van der Waals surface area contributed by atoms with E-state index < -0.39 is 12.1 Å². The van der Waals surface area contributed by atoms with Crippen molar-refractivity contribution in [3.8, 4) is 11.5 Å². The number of hydrogen-bond acceptors (Lipinski definition) is 5. The number of carbonyl (C=O) groups excluding carboxylic acids is 1. The van der Waals surface area contributed by atoms with Crippen LogP contribution in [0.3, 0.4) is 0 Å². The highest BCUT2D eigenvalue weighted by molar-refractivity contribution is 5.71. The molecule has 0 saturated carbocycles. The van der Waals surface area contributed by atoms with Gasteiger partial charge in [0.25, 0.3) is 0 Å². The number of hydrogen-bond donors (Lipinski definition) is 1. The van der Waals surface area contributed by atoms with Crippen LogP contribution < -0.4 is 9.47 Å². The molecule has 0 saturated heterocycles. The van der Waals surface area contributed by atoms with Gasteiger partial charge in [0, 0.05) is 11.6 Å². The van der Waals surface area contributed by atoms with Gasteiger partial charge in [0.1, 0.15) is 11.5 Å². The molecule has 0 fully saturated rings. The van der Waals surface area contributed by atoms with Crippen LogP contribution in [0.15, 0.2) is 18.2 Å². The number of esters is 1. The van der Waals surface area contributed by atoms with Crippen LogP contribution >= 0.6 is 0 Å². The van der Waals surface area contributed by atoms with E-state index in [9.17, 15) is 9.90 Å². The summed E-state index contributed by atoms with van der Waals surface area (Å²) < 4.78 is 15.2. The fraction of sp³-hybridized carbons (Fsp3) is 0.462. The largest absolute Gasteiger partial charge is 0.497 e. The first-order valence-electron chi connectivity index (χ1n) is 5.73. The van der Waals surface area contributed by atoms with Crippen LogP contribution in [-0.2, 0) is 9.53 Å². The Kier molecular flexibility index (Phi) is 5.45. The molecule has 100 valence electrons. The van der Waals surface area contributed by atoms with E-state index in [0.29, 0.717) is 23.7 Å². The van der Waals surface area contributed by atoms with Crippen LogP contribution in [0, 0.1) is 0 Å². The first-order valence-corrected chi connectivity index (χ1v) is 5.73. The zero-order chi connectivity index (χ0) is 13.5. The van der Waals surface area contributed by atoms with Crippen molar-refractivity contribution in [1.82, 2.24) is 0 Å². The van der Waals surface area contributed by atoms with E-state index in [1.54, 1.807) is 32.0 Å². The quantitative estimate of drug-likeness (QED) is 0.782. The molecule has 1 aromatic rings. The summed E-state index contributed by atoms with van der Waals surface area (Å²) >= 11 is 0. The Labute approximate surface area is 106 Å². The van der Waals surface area contributed by atoms with Gasteiger partial charge < -0.3 is 19.3 Å². The maximum Gasteiger partial charge on any atom is 0.344 e. The van der Waals surface area contributed by atoms with Crippen molar-refractivity contribution in [2.24, 2.45) is 0 Å². The zero-order valence-corrected chi connectivity index (χ0v) is 10.8. The Hall–Kier alpha value is -1.75. The van der Waals surface area contributed by atoms with Crippen molar-refractivity contribution >= 4 is 5.97 Å². The van der Waals surface area contributed by atoms with Crippen molar-refractivity contribution in [3.63, 3.8) is 0 Å². The van der Waals surface area contributed by atoms with Gasteiger partial charge in [-0.25, -0.2) is 4.79 Å². The van der Waals surface area contributed by atoms with Crippen LogP contribution in [0.2, 0.25) is 0 Å². The molecule has 1 atom stereocenters. The number of ether oxygens (including phenoxy) is 3. The molecule has 5 heteroatoms. The minimum atomic E-state index is -0.687. The van der Waals surface area contributed by atoms with Gasteiger partial charge in [0.2, 0.25) is 0 Å². The van der Waals surface area contributed by atoms with Crippen molar-refractivity contribution in [2.45, 2.75) is 20.0 Å². The first-order chi connectivity index (χ1) is 8.58. The molecule has 1 rings (SSSR count). The van der Waals surface area contributed by atoms with Crippen LogP contribution in [-0.4, -0.2) is 31.4 Å². The molecule has 1 N–H and O–H groups in total. The molecule has 0 aromatic heterocycles. The monoisotopic (exact) mass is 254 g/mol. The molecule has 0 aliphatic carbocycles.